The summed E-state index contributed by atoms with van der Waals surface area (Å²) in [5.41, 5.74) is -2.51. The van der Waals surface area contributed by atoms with E-state index in [0.717, 1.165) is 18.4 Å². The third-order valence-electron chi connectivity index (χ3n) is 6.39. The molecule has 2 atom stereocenters. The number of amides is 2. The molecule has 0 spiro atoms. The minimum Gasteiger partial charge on any atom is -0.481 e. The van der Waals surface area contributed by atoms with Crippen LogP contribution >= 0.6 is 0 Å². The van der Waals surface area contributed by atoms with Crippen LogP contribution < -0.4 is 5.32 Å². The smallest absolute Gasteiger partial charge is 0.421 e. The summed E-state index contributed by atoms with van der Waals surface area (Å²) in [6.45, 7) is 0.676. The summed E-state index contributed by atoms with van der Waals surface area (Å²) in [5, 5.41) is 21.3. The van der Waals surface area contributed by atoms with Gasteiger partial charge in [-0.2, -0.15) is 13.2 Å². The van der Waals surface area contributed by atoms with E-state index in [9.17, 15) is 41.1 Å². The highest BCUT2D eigenvalue weighted by Crippen LogP contribution is 2.39. The number of halogens is 3. The van der Waals surface area contributed by atoms with Gasteiger partial charge in [0.2, 0.25) is 5.91 Å². The zero-order valence-electron chi connectivity index (χ0n) is 20.6. The number of fused-ring (bicyclic) bond motifs is 1. The Morgan fingerprint density at radius 3 is 2.26 bits per heavy atom. The van der Waals surface area contributed by atoms with E-state index in [2.05, 4.69) is 5.32 Å². The molecule has 2 aromatic carbocycles. The van der Waals surface area contributed by atoms with Crippen LogP contribution in [0.1, 0.15) is 48.9 Å². The van der Waals surface area contributed by atoms with Gasteiger partial charge in [-0.05, 0) is 60.7 Å². The number of nitrogens with one attached hydrogen (secondary N) is 1. The van der Waals surface area contributed by atoms with Gasteiger partial charge in [0.05, 0.1) is 4.90 Å². The van der Waals surface area contributed by atoms with Gasteiger partial charge in [0.1, 0.15) is 6.04 Å². The molecule has 0 fully saturated rings. The van der Waals surface area contributed by atoms with Gasteiger partial charge in [-0.1, -0.05) is 18.2 Å². The van der Waals surface area contributed by atoms with Crippen molar-refractivity contribution in [2.75, 3.05) is 18.1 Å². The van der Waals surface area contributed by atoms with E-state index in [1.807, 2.05) is 0 Å². The molecule has 0 saturated carbocycles. The number of nitrogens with zero attached hydrogens (tertiary/aromatic N) is 1. The second kappa shape index (κ2) is 10.7. The average Bonchev–Trinajstić information content (AvgIpc) is 2.81. The van der Waals surface area contributed by atoms with E-state index in [4.69, 9.17) is 5.11 Å². The maximum absolute atomic E-state index is 13.4. The highest BCUT2D eigenvalue weighted by molar-refractivity contribution is 7.90. The summed E-state index contributed by atoms with van der Waals surface area (Å²) in [6.07, 6.45) is -3.93. The third-order valence-corrected chi connectivity index (χ3v) is 7.50. The summed E-state index contributed by atoms with van der Waals surface area (Å²) in [6, 6.07) is 7.41. The molecular formula is C25H27F3N2O7S. The second-order valence-corrected chi connectivity index (χ2v) is 11.3. The number of benzene rings is 2. The monoisotopic (exact) mass is 556 g/mol. The molecule has 0 bridgehead atoms. The standard InChI is InChI=1S/C25H27F3N2O7S/c1-24(35,25(26,27)28)16-6-8-17(9-7-16)29-23(34)22-19-11-10-18(38(2,36)37)14-15(19)12-13-30(22)20(31)4-3-5-21(32)33/h6-11,14,22,35H,3-5,12-13H2,1-2H3,(H,29,34)(H,32,33). The van der Waals surface area contributed by atoms with Gasteiger partial charge >= 0.3 is 12.1 Å². The van der Waals surface area contributed by atoms with Gasteiger partial charge in [-0.25, -0.2) is 8.42 Å². The van der Waals surface area contributed by atoms with Gasteiger partial charge in [-0.3, -0.25) is 14.4 Å². The van der Waals surface area contributed by atoms with Crippen molar-refractivity contribution in [1.82, 2.24) is 4.90 Å². The Morgan fingerprint density at radius 2 is 1.71 bits per heavy atom. The molecule has 0 radical (unpaired) electrons. The van der Waals surface area contributed by atoms with Crippen molar-refractivity contribution in [2.45, 2.75) is 55.3 Å². The van der Waals surface area contributed by atoms with E-state index < -0.39 is 51.0 Å². The van der Waals surface area contributed by atoms with Crippen molar-refractivity contribution >= 4 is 33.3 Å². The Bertz CT molecular complexity index is 1340. The predicted molar refractivity (Wildman–Crippen MR) is 130 cm³/mol. The van der Waals surface area contributed by atoms with Crippen LogP contribution in [-0.2, 0) is 36.2 Å². The molecule has 1 aliphatic heterocycles. The van der Waals surface area contributed by atoms with Gasteiger partial charge < -0.3 is 20.4 Å². The number of sulfone groups is 1. The number of aliphatic hydroxyl groups is 1. The zero-order valence-corrected chi connectivity index (χ0v) is 21.4. The quantitative estimate of drug-likeness (QED) is 0.454. The number of hydrogen-bond donors (Lipinski definition) is 3. The van der Waals surface area contributed by atoms with E-state index in [0.29, 0.717) is 18.1 Å². The van der Waals surface area contributed by atoms with Crippen LogP contribution in [0.5, 0.6) is 0 Å². The Hall–Kier alpha value is -3.45. The fourth-order valence-corrected chi connectivity index (χ4v) is 4.84. The molecular weight excluding hydrogens is 529 g/mol. The summed E-state index contributed by atoms with van der Waals surface area (Å²) < 4.78 is 63.4. The average molecular weight is 557 g/mol. The summed E-state index contributed by atoms with van der Waals surface area (Å²) in [5.74, 6) is -2.24. The molecule has 0 aliphatic carbocycles. The highest BCUT2D eigenvalue weighted by atomic mass is 32.2. The lowest BCUT2D eigenvalue weighted by atomic mass is 9.91. The lowest BCUT2D eigenvalue weighted by Gasteiger charge is -2.36. The molecule has 13 heteroatoms. The van der Waals surface area contributed by atoms with Crippen molar-refractivity contribution in [1.29, 1.82) is 0 Å². The minimum atomic E-state index is -4.92. The summed E-state index contributed by atoms with van der Waals surface area (Å²) in [4.78, 5) is 38.5. The van der Waals surface area contributed by atoms with Gasteiger partial charge in [0.25, 0.3) is 5.91 Å². The number of alkyl halides is 3. The van der Waals surface area contributed by atoms with Crippen LogP contribution in [0.25, 0.3) is 0 Å². The number of aliphatic carboxylic acids is 1. The zero-order chi connectivity index (χ0) is 28.5. The van der Waals surface area contributed by atoms with Crippen LogP contribution in [0.4, 0.5) is 18.9 Å². The normalized spacial score (nSPS) is 17.3. The van der Waals surface area contributed by atoms with Gasteiger partial charge in [-0.15, -0.1) is 0 Å². The van der Waals surface area contributed by atoms with Crippen molar-refractivity contribution < 1.29 is 46.2 Å². The molecule has 9 nitrogen and oxygen atoms in total. The number of carboxylic acid groups (broad SMARTS) is 1. The maximum Gasteiger partial charge on any atom is 0.421 e. The Labute approximate surface area is 217 Å². The largest absolute Gasteiger partial charge is 0.481 e. The number of anilines is 1. The molecule has 0 saturated heterocycles. The lowest BCUT2D eigenvalue weighted by Crippen LogP contribution is -2.45. The number of carbonyl (C=O) groups is 3. The molecule has 2 aromatic rings. The fraction of sp³-hybridized carbons (Fsp3) is 0.400. The van der Waals surface area contributed by atoms with Crippen LogP contribution in [0.2, 0.25) is 0 Å². The SMILES string of the molecule is CC(O)(c1ccc(NC(=O)C2c3ccc(S(C)(=O)=O)cc3CCN2C(=O)CCCC(=O)O)cc1)C(F)(F)F. The van der Waals surface area contributed by atoms with E-state index in [1.54, 1.807) is 0 Å². The first-order chi connectivity index (χ1) is 17.5. The van der Waals surface area contributed by atoms with Crippen LogP contribution in [-0.4, -0.2) is 60.3 Å². The van der Waals surface area contributed by atoms with Gasteiger partial charge in [0, 0.05) is 31.3 Å². The van der Waals surface area contributed by atoms with E-state index in [1.165, 1.54) is 35.2 Å². The predicted octanol–water partition coefficient (Wildman–Crippen LogP) is 3.18. The molecule has 206 valence electrons. The second-order valence-electron chi connectivity index (χ2n) is 9.26. The Morgan fingerprint density at radius 1 is 1.08 bits per heavy atom. The topological polar surface area (TPSA) is 141 Å². The van der Waals surface area contributed by atoms with E-state index >= 15 is 0 Å². The van der Waals surface area contributed by atoms with Crippen molar-refractivity contribution in [3.63, 3.8) is 0 Å². The molecule has 38 heavy (non-hydrogen) atoms. The molecule has 2 amide bonds. The van der Waals surface area contributed by atoms with Crippen molar-refractivity contribution in [3.05, 3.63) is 59.2 Å². The highest BCUT2D eigenvalue weighted by Gasteiger charge is 2.51. The first-order valence-electron chi connectivity index (χ1n) is 11.6. The van der Waals surface area contributed by atoms with Crippen molar-refractivity contribution in [2.24, 2.45) is 0 Å². The lowest BCUT2D eigenvalue weighted by molar-refractivity contribution is -0.258. The minimum absolute atomic E-state index is 0.0453. The summed E-state index contributed by atoms with van der Waals surface area (Å²) in [7, 11) is -3.54. The first kappa shape index (κ1) is 29.1. The Balaban J connectivity index is 1.92. The summed E-state index contributed by atoms with van der Waals surface area (Å²) >= 11 is 0. The number of rotatable bonds is 8. The number of carbonyl (C=O) groups excluding carboxylic acids is 2. The van der Waals surface area contributed by atoms with E-state index in [-0.39, 0.29) is 42.8 Å². The third kappa shape index (κ3) is 6.33. The fourth-order valence-electron chi connectivity index (χ4n) is 4.17. The first-order valence-corrected chi connectivity index (χ1v) is 13.5. The number of carboxylic acids is 1. The van der Waals surface area contributed by atoms with Crippen LogP contribution in [0.3, 0.4) is 0 Å². The molecule has 3 rings (SSSR count). The number of hydrogen-bond acceptors (Lipinski definition) is 6. The Kier molecular flexibility index (Phi) is 8.22. The molecule has 3 N–H and O–H groups in total. The molecule has 1 heterocycles. The molecule has 1 aliphatic rings. The molecule has 2 unspecified atom stereocenters. The molecule has 0 aromatic heterocycles. The van der Waals surface area contributed by atoms with Gasteiger partial charge in [0.15, 0.2) is 15.4 Å². The van der Waals surface area contributed by atoms with Crippen LogP contribution in [0.15, 0.2) is 47.4 Å². The van der Waals surface area contributed by atoms with Crippen molar-refractivity contribution in [3.8, 4) is 0 Å². The maximum atomic E-state index is 13.4. The van der Waals surface area contributed by atoms with Crippen LogP contribution in [0, 0.1) is 0 Å².